The number of benzene rings is 1. The summed E-state index contributed by atoms with van der Waals surface area (Å²) in [6.45, 7) is 0.655. The number of hydrogen-bond acceptors (Lipinski definition) is 2. The number of furan rings is 1. The lowest BCUT2D eigenvalue weighted by Gasteiger charge is -2.22. The highest BCUT2D eigenvalue weighted by molar-refractivity contribution is 5.94. The van der Waals surface area contributed by atoms with Gasteiger partial charge in [0.15, 0.2) is 0 Å². The van der Waals surface area contributed by atoms with Gasteiger partial charge in [-0.1, -0.05) is 12.1 Å². The van der Waals surface area contributed by atoms with E-state index in [2.05, 4.69) is 0 Å². The summed E-state index contributed by atoms with van der Waals surface area (Å²) in [4.78, 5) is 14.3. The first kappa shape index (κ1) is 15.1. The van der Waals surface area contributed by atoms with Gasteiger partial charge in [0.1, 0.15) is 11.6 Å². The zero-order valence-electron chi connectivity index (χ0n) is 12.8. The maximum absolute atomic E-state index is 14.0. The van der Waals surface area contributed by atoms with Crippen LogP contribution in [0.25, 0.3) is 0 Å². The van der Waals surface area contributed by atoms with E-state index in [1.165, 1.54) is 12.1 Å². The molecule has 0 unspecified atom stereocenters. The lowest BCUT2D eigenvalue weighted by atomic mass is 10.1. The van der Waals surface area contributed by atoms with Crippen LogP contribution in [0.1, 0.15) is 21.8 Å². The van der Waals surface area contributed by atoms with Crippen LogP contribution in [0.5, 0.6) is 0 Å². The molecule has 0 aliphatic rings. The summed E-state index contributed by atoms with van der Waals surface area (Å²) in [5.41, 5.74) is 1.02. The van der Waals surface area contributed by atoms with Gasteiger partial charge >= 0.3 is 0 Å². The molecule has 0 bridgehead atoms. The maximum Gasteiger partial charge on any atom is 0.257 e. The monoisotopic (exact) mass is 312 g/mol. The minimum atomic E-state index is -0.520. The summed E-state index contributed by atoms with van der Waals surface area (Å²) in [6.07, 6.45) is 3.47. The van der Waals surface area contributed by atoms with Crippen LogP contribution in [-0.4, -0.2) is 15.4 Å². The van der Waals surface area contributed by atoms with Crippen molar-refractivity contribution in [2.24, 2.45) is 7.05 Å². The molecule has 0 N–H and O–H groups in total. The number of carbonyl (C=O) groups is 1. The standard InChI is InChI=1S/C18H17FN2O2/c1-20-10-4-6-14(20)12-21(13-15-7-5-11-23-15)18(22)16-8-2-3-9-17(16)19/h2-11H,12-13H2,1H3. The van der Waals surface area contributed by atoms with Crippen molar-refractivity contribution < 1.29 is 13.6 Å². The fourth-order valence-electron chi connectivity index (χ4n) is 2.45. The first-order valence-electron chi connectivity index (χ1n) is 7.31. The molecule has 0 saturated carbocycles. The topological polar surface area (TPSA) is 38.4 Å². The van der Waals surface area contributed by atoms with Gasteiger partial charge in [0.05, 0.1) is 24.9 Å². The van der Waals surface area contributed by atoms with E-state index in [-0.39, 0.29) is 18.0 Å². The van der Waals surface area contributed by atoms with Gasteiger partial charge < -0.3 is 13.9 Å². The second kappa shape index (κ2) is 6.52. The summed E-state index contributed by atoms with van der Waals surface area (Å²) in [7, 11) is 1.91. The Bertz CT molecular complexity index is 793. The Hall–Kier alpha value is -2.82. The lowest BCUT2D eigenvalue weighted by Crippen LogP contribution is -2.31. The van der Waals surface area contributed by atoms with E-state index in [0.717, 1.165) is 5.69 Å². The zero-order chi connectivity index (χ0) is 16.2. The molecule has 3 aromatic rings. The molecule has 0 aliphatic carbocycles. The average Bonchev–Trinajstić information content (AvgIpc) is 3.19. The Kier molecular flexibility index (Phi) is 4.28. The van der Waals surface area contributed by atoms with Crippen LogP contribution >= 0.6 is 0 Å². The van der Waals surface area contributed by atoms with E-state index in [0.29, 0.717) is 12.3 Å². The molecule has 1 amide bonds. The van der Waals surface area contributed by atoms with Gasteiger partial charge in [-0.15, -0.1) is 0 Å². The molecule has 5 heteroatoms. The van der Waals surface area contributed by atoms with Crippen LogP contribution in [0.15, 0.2) is 65.4 Å². The fraction of sp³-hybridized carbons (Fsp3) is 0.167. The highest BCUT2D eigenvalue weighted by Gasteiger charge is 2.21. The predicted molar refractivity (Wildman–Crippen MR) is 84.1 cm³/mol. The molecule has 0 aliphatic heterocycles. The summed E-state index contributed by atoms with van der Waals surface area (Å²) in [5, 5.41) is 0. The Morgan fingerprint density at radius 2 is 1.96 bits per heavy atom. The Morgan fingerprint density at radius 1 is 1.13 bits per heavy atom. The SMILES string of the molecule is Cn1cccc1CN(Cc1ccco1)C(=O)c1ccccc1F. The number of aromatic nitrogens is 1. The van der Waals surface area contributed by atoms with Crippen molar-refractivity contribution in [3.63, 3.8) is 0 Å². The van der Waals surface area contributed by atoms with Gasteiger partial charge in [-0.3, -0.25) is 4.79 Å². The molecule has 0 radical (unpaired) electrons. The van der Waals surface area contributed by atoms with Crippen molar-refractivity contribution >= 4 is 5.91 Å². The third-order valence-corrected chi connectivity index (χ3v) is 3.72. The number of carbonyl (C=O) groups excluding carboxylic acids is 1. The number of amides is 1. The molecule has 2 heterocycles. The third kappa shape index (κ3) is 3.34. The molecule has 23 heavy (non-hydrogen) atoms. The number of rotatable bonds is 5. The van der Waals surface area contributed by atoms with E-state index >= 15 is 0 Å². The van der Waals surface area contributed by atoms with E-state index in [9.17, 15) is 9.18 Å². The van der Waals surface area contributed by atoms with E-state index in [1.807, 2.05) is 29.9 Å². The number of halogens is 1. The van der Waals surface area contributed by atoms with Crippen LogP contribution in [0, 0.1) is 5.82 Å². The summed E-state index contributed by atoms with van der Waals surface area (Å²) >= 11 is 0. The largest absolute Gasteiger partial charge is 0.467 e. The van der Waals surface area contributed by atoms with E-state index < -0.39 is 5.82 Å². The molecule has 0 fully saturated rings. The highest BCUT2D eigenvalue weighted by atomic mass is 19.1. The van der Waals surface area contributed by atoms with Gasteiger partial charge in [0.25, 0.3) is 5.91 Å². The lowest BCUT2D eigenvalue weighted by molar-refractivity contribution is 0.0709. The summed E-state index contributed by atoms with van der Waals surface area (Å²) < 4.78 is 21.2. The second-order valence-corrected chi connectivity index (χ2v) is 5.33. The smallest absolute Gasteiger partial charge is 0.257 e. The van der Waals surface area contributed by atoms with Gasteiger partial charge in [-0.05, 0) is 36.4 Å². The van der Waals surface area contributed by atoms with Gasteiger partial charge in [0, 0.05) is 18.9 Å². The minimum Gasteiger partial charge on any atom is -0.467 e. The zero-order valence-corrected chi connectivity index (χ0v) is 12.8. The van der Waals surface area contributed by atoms with Crippen molar-refractivity contribution in [1.29, 1.82) is 0 Å². The molecule has 0 atom stereocenters. The molecular weight excluding hydrogens is 295 g/mol. The van der Waals surface area contributed by atoms with Gasteiger partial charge in [-0.2, -0.15) is 0 Å². The third-order valence-electron chi connectivity index (χ3n) is 3.72. The molecule has 3 rings (SSSR count). The number of hydrogen-bond donors (Lipinski definition) is 0. The van der Waals surface area contributed by atoms with Crippen molar-refractivity contribution in [3.8, 4) is 0 Å². The first-order valence-corrected chi connectivity index (χ1v) is 7.31. The Balaban J connectivity index is 1.89. The van der Waals surface area contributed by atoms with E-state index in [1.54, 1.807) is 35.4 Å². The van der Waals surface area contributed by atoms with Gasteiger partial charge in [-0.25, -0.2) is 4.39 Å². The molecule has 1 aromatic carbocycles. The van der Waals surface area contributed by atoms with Crippen molar-refractivity contribution in [2.45, 2.75) is 13.1 Å². The van der Waals surface area contributed by atoms with Crippen molar-refractivity contribution in [3.05, 3.63) is 83.8 Å². The summed E-state index contributed by atoms with van der Waals surface area (Å²) in [6, 6.07) is 13.4. The van der Waals surface area contributed by atoms with Crippen molar-refractivity contribution in [2.75, 3.05) is 0 Å². The molecule has 118 valence electrons. The van der Waals surface area contributed by atoms with Gasteiger partial charge in [0.2, 0.25) is 0 Å². The molecule has 0 saturated heterocycles. The van der Waals surface area contributed by atoms with E-state index in [4.69, 9.17) is 4.42 Å². The number of aryl methyl sites for hydroxylation is 1. The van der Waals surface area contributed by atoms with Crippen LogP contribution in [0.2, 0.25) is 0 Å². The van der Waals surface area contributed by atoms with Crippen molar-refractivity contribution in [1.82, 2.24) is 9.47 Å². The fourth-order valence-corrected chi connectivity index (χ4v) is 2.45. The predicted octanol–water partition coefficient (Wildman–Crippen LogP) is 3.60. The molecule has 0 spiro atoms. The first-order chi connectivity index (χ1) is 11.1. The Morgan fingerprint density at radius 3 is 2.61 bits per heavy atom. The quantitative estimate of drug-likeness (QED) is 0.722. The Labute approximate surface area is 133 Å². The van der Waals surface area contributed by atoms with Crippen LogP contribution in [-0.2, 0) is 20.1 Å². The molecular formula is C18H17FN2O2. The highest BCUT2D eigenvalue weighted by Crippen LogP contribution is 2.16. The normalized spacial score (nSPS) is 10.7. The minimum absolute atomic E-state index is 0.0632. The maximum atomic E-state index is 14.0. The van der Waals surface area contributed by atoms with Crippen LogP contribution in [0.3, 0.4) is 0 Å². The average molecular weight is 312 g/mol. The molecule has 2 aromatic heterocycles. The number of nitrogens with zero attached hydrogens (tertiary/aromatic N) is 2. The van der Waals surface area contributed by atoms with Crippen LogP contribution < -0.4 is 0 Å². The summed E-state index contributed by atoms with van der Waals surface area (Å²) in [5.74, 6) is -0.224. The molecule has 4 nitrogen and oxygen atoms in total. The van der Waals surface area contributed by atoms with Crippen LogP contribution in [0.4, 0.5) is 4.39 Å². The second-order valence-electron chi connectivity index (χ2n) is 5.33.